The molecule has 1 amide bonds. The fraction of sp³-hybridized carbons (Fsp3) is 0.250. The number of nitrogens with one attached hydrogen (secondary N) is 1. The lowest BCUT2D eigenvalue weighted by atomic mass is 10.2. The predicted octanol–water partition coefficient (Wildman–Crippen LogP) is 2.64. The maximum absolute atomic E-state index is 13.1. The number of carbonyl (C=O) groups is 1. The number of amides is 1. The molecule has 0 unspecified atom stereocenters. The van der Waals surface area contributed by atoms with Crippen molar-refractivity contribution in [2.24, 2.45) is 0 Å². The molecule has 0 bridgehead atoms. The van der Waals surface area contributed by atoms with Crippen LogP contribution < -0.4 is 9.62 Å². The molecule has 6 heteroatoms. The summed E-state index contributed by atoms with van der Waals surface area (Å²) in [7, 11) is -3.79. The molecule has 0 aliphatic heterocycles. The molecule has 0 aromatic heterocycles. The molecule has 136 valence electrons. The number of carbonyl (C=O) groups excluding carboxylic acids is 1. The quantitative estimate of drug-likeness (QED) is 0.762. The Kier molecular flexibility index (Phi) is 6.42. The lowest BCUT2D eigenvalue weighted by Gasteiger charge is -2.24. The van der Waals surface area contributed by atoms with Gasteiger partial charge in [0.2, 0.25) is 5.91 Å². The van der Waals surface area contributed by atoms with Crippen LogP contribution in [0.5, 0.6) is 0 Å². The summed E-state index contributed by atoms with van der Waals surface area (Å²) in [5, 5.41) is 2.55. The second kappa shape index (κ2) is 8.54. The van der Waals surface area contributed by atoms with Crippen LogP contribution in [0, 0.1) is 26.2 Å². The molecule has 0 saturated carbocycles. The van der Waals surface area contributed by atoms with Gasteiger partial charge in [-0.05, 0) is 38.1 Å². The van der Waals surface area contributed by atoms with E-state index in [-0.39, 0.29) is 30.3 Å². The molecule has 0 atom stereocenters. The van der Waals surface area contributed by atoms with Crippen LogP contribution in [0.2, 0.25) is 0 Å². The number of anilines is 1. The van der Waals surface area contributed by atoms with Gasteiger partial charge in [-0.15, -0.1) is 6.42 Å². The number of benzene rings is 2. The summed E-state index contributed by atoms with van der Waals surface area (Å²) < 4.78 is 27.5. The van der Waals surface area contributed by atoms with E-state index < -0.39 is 10.0 Å². The summed E-state index contributed by atoms with van der Waals surface area (Å²) in [6.07, 6.45) is 5.14. The Hall–Kier alpha value is -2.78. The molecule has 2 rings (SSSR count). The van der Waals surface area contributed by atoms with Gasteiger partial charge in [-0.2, -0.15) is 0 Å². The van der Waals surface area contributed by atoms with E-state index in [0.29, 0.717) is 5.69 Å². The molecule has 0 spiro atoms. The molecule has 26 heavy (non-hydrogen) atoms. The van der Waals surface area contributed by atoms with Gasteiger partial charge in [0.25, 0.3) is 10.0 Å². The Morgan fingerprint density at radius 2 is 1.58 bits per heavy atom. The molecular formula is C20H22N2O3S. The number of hydrogen-bond acceptors (Lipinski definition) is 3. The third kappa shape index (κ3) is 4.87. The van der Waals surface area contributed by atoms with Crippen molar-refractivity contribution in [1.82, 2.24) is 5.32 Å². The first-order chi connectivity index (χ1) is 12.3. The normalized spacial score (nSPS) is 10.8. The highest BCUT2D eigenvalue weighted by Crippen LogP contribution is 2.24. The van der Waals surface area contributed by atoms with E-state index in [2.05, 4.69) is 11.2 Å². The van der Waals surface area contributed by atoms with Gasteiger partial charge < -0.3 is 5.32 Å². The summed E-state index contributed by atoms with van der Waals surface area (Å²) in [6.45, 7) is 3.96. The van der Waals surface area contributed by atoms with Gasteiger partial charge in [0.15, 0.2) is 0 Å². The number of aryl methyl sites for hydroxylation is 2. The van der Waals surface area contributed by atoms with Crippen LogP contribution >= 0.6 is 0 Å². The van der Waals surface area contributed by atoms with E-state index in [9.17, 15) is 13.2 Å². The maximum atomic E-state index is 13.1. The lowest BCUT2D eigenvalue weighted by Crippen LogP contribution is -2.35. The summed E-state index contributed by atoms with van der Waals surface area (Å²) in [4.78, 5) is 12.1. The molecule has 0 radical (unpaired) electrons. The van der Waals surface area contributed by atoms with Crippen molar-refractivity contribution < 1.29 is 13.2 Å². The number of rotatable bonds is 7. The molecule has 1 N–H and O–H groups in total. The third-order valence-corrected chi connectivity index (χ3v) is 5.70. The van der Waals surface area contributed by atoms with E-state index in [4.69, 9.17) is 6.42 Å². The molecule has 2 aromatic carbocycles. The minimum absolute atomic E-state index is 0.0145. The fourth-order valence-electron chi connectivity index (χ4n) is 2.38. The molecule has 5 nitrogen and oxygen atoms in total. The fourth-order valence-corrected chi connectivity index (χ4v) is 3.84. The van der Waals surface area contributed by atoms with E-state index in [1.807, 2.05) is 26.0 Å². The molecule has 0 fully saturated rings. The first kappa shape index (κ1) is 19.5. The average Bonchev–Trinajstić information content (AvgIpc) is 2.61. The number of nitrogens with zero attached hydrogens (tertiary/aromatic N) is 1. The Bertz CT molecular complexity index is 896. The van der Waals surface area contributed by atoms with Crippen LogP contribution in [0.4, 0.5) is 5.69 Å². The second-order valence-corrected chi connectivity index (χ2v) is 7.82. The number of hydrogen-bond donors (Lipinski definition) is 1. The Morgan fingerprint density at radius 1 is 1.04 bits per heavy atom. The standard InChI is InChI=1S/C20H22N2O3S/c1-4-14-21-20(23)13-15-22(18-9-5-16(2)6-10-18)26(24,25)19-11-7-17(3)8-12-19/h1,5-12H,13-15H2,2-3H3,(H,21,23). The first-order valence-electron chi connectivity index (χ1n) is 8.21. The van der Waals surface area contributed by atoms with Crippen molar-refractivity contribution in [3.05, 3.63) is 59.7 Å². The van der Waals surface area contributed by atoms with Crippen LogP contribution in [0.15, 0.2) is 53.4 Å². The monoisotopic (exact) mass is 370 g/mol. The van der Waals surface area contributed by atoms with Crippen molar-refractivity contribution >= 4 is 21.6 Å². The topological polar surface area (TPSA) is 66.5 Å². The average molecular weight is 370 g/mol. The van der Waals surface area contributed by atoms with Gasteiger partial charge in [0, 0.05) is 13.0 Å². The van der Waals surface area contributed by atoms with E-state index in [1.54, 1.807) is 36.4 Å². The van der Waals surface area contributed by atoms with Gasteiger partial charge in [-0.1, -0.05) is 41.3 Å². The summed E-state index contributed by atoms with van der Waals surface area (Å²) in [6, 6.07) is 13.8. The number of sulfonamides is 1. The zero-order valence-corrected chi connectivity index (χ0v) is 15.7. The molecular weight excluding hydrogens is 348 g/mol. The highest BCUT2D eigenvalue weighted by Gasteiger charge is 2.25. The summed E-state index contributed by atoms with van der Waals surface area (Å²) in [5.41, 5.74) is 2.51. The largest absolute Gasteiger partial charge is 0.345 e. The van der Waals surface area contributed by atoms with E-state index in [0.717, 1.165) is 11.1 Å². The van der Waals surface area contributed by atoms with Crippen molar-refractivity contribution in [2.45, 2.75) is 25.2 Å². The lowest BCUT2D eigenvalue weighted by molar-refractivity contribution is -0.120. The first-order valence-corrected chi connectivity index (χ1v) is 9.65. The molecule has 2 aromatic rings. The highest BCUT2D eigenvalue weighted by molar-refractivity contribution is 7.92. The van der Waals surface area contributed by atoms with Crippen LogP contribution in [0.1, 0.15) is 17.5 Å². The Labute approximate surface area is 155 Å². The maximum Gasteiger partial charge on any atom is 0.264 e. The Morgan fingerprint density at radius 3 is 2.12 bits per heavy atom. The Balaban J connectivity index is 2.33. The van der Waals surface area contributed by atoms with Crippen molar-refractivity contribution in [3.8, 4) is 12.3 Å². The predicted molar refractivity (Wildman–Crippen MR) is 103 cm³/mol. The minimum Gasteiger partial charge on any atom is -0.345 e. The summed E-state index contributed by atoms with van der Waals surface area (Å²) in [5.74, 6) is 2.03. The summed E-state index contributed by atoms with van der Waals surface area (Å²) >= 11 is 0. The van der Waals surface area contributed by atoms with Crippen LogP contribution in [0.3, 0.4) is 0 Å². The minimum atomic E-state index is -3.79. The second-order valence-electron chi connectivity index (χ2n) is 5.96. The molecule has 0 saturated heterocycles. The van der Waals surface area contributed by atoms with Crippen LogP contribution in [-0.2, 0) is 14.8 Å². The highest BCUT2D eigenvalue weighted by atomic mass is 32.2. The molecule has 0 aliphatic carbocycles. The third-order valence-electron chi connectivity index (χ3n) is 3.86. The van der Waals surface area contributed by atoms with E-state index >= 15 is 0 Å². The van der Waals surface area contributed by atoms with Crippen LogP contribution in [-0.4, -0.2) is 27.4 Å². The van der Waals surface area contributed by atoms with Gasteiger partial charge in [-0.3, -0.25) is 9.10 Å². The SMILES string of the molecule is C#CCNC(=O)CCN(c1ccc(C)cc1)S(=O)(=O)c1ccc(C)cc1. The van der Waals surface area contributed by atoms with Gasteiger partial charge >= 0.3 is 0 Å². The van der Waals surface area contributed by atoms with Crippen molar-refractivity contribution in [2.75, 3.05) is 17.4 Å². The molecule has 0 heterocycles. The van der Waals surface area contributed by atoms with Crippen molar-refractivity contribution in [1.29, 1.82) is 0 Å². The van der Waals surface area contributed by atoms with Gasteiger partial charge in [0.1, 0.15) is 0 Å². The van der Waals surface area contributed by atoms with Gasteiger partial charge in [-0.25, -0.2) is 8.42 Å². The van der Waals surface area contributed by atoms with Crippen LogP contribution in [0.25, 0.3) is 0 Å². The van der Waals surface area contributed by atoms with Crippen molar-refractivity contribution in [3.63, 3.8) is 0 Å². The van der Waals surface area contributed by atoms with E-state index in [1.165, 1.54) is 4.31 Å². The zero-order chi connectivity index (χ0) is 19.2. The van der Waals surface area contributed by atoms with Gasteiger partial charge in [0.05, 0.1) is 17.1 Å². The number of terminal acetylenes is 1. The smallest absolute Gasteiger partial charge is 0.264 e. The zero-order valence-electron chi connectivity index (χ0n) is 14.9. The molecule has 0 aliphatic rings.